The van der Waals surface area contributed by atoms with E-state index in [-0.39, 0.29) is 17.9 Å². The third-order valence-electron chi connectivity index (χ3n) is 5.12. The molecular formula is C21H22N2O3S. The van der Waals surface area contributed by atoms with Gasteiger partial charge in [0.2, 0.25) is 0 Å². The largest absolute Gasteiger partial charge is 0.456 e. The molecule has 4 rings (SSSR count). The zero-order valence-electron chi connectivity index (χ0n) is 15.5. The second kappa shape index (κ2) is 7.19. The fourth-order valence-corrected chi connectivity index (χ4v) is 4.74. The molecule has 0 saturated carbocycles. The third-order valence-corrected chi connectivity index (χ3v) is 6.38. The standard InChI is InChI=1S/C21H22N2O3S/c1-13-7-8-17(26-13)20(24)22-15-9-11-23(12-10-15)21(25)19-14(2)16-5-3-4-6-18(16)27-19/h3-8,15H,9-12H2,1-2H3,(H,22,24). The smallest absolute Gasteiger partial charge is 0.287 e. The minimum absolute atomic E-state index is 0.0652. The molecule has 27 heavy (non-hydrogen) atoms. The molecule has 1 N–H and O–H groups in total. The van der Waals surface area contributed by atoms with Crippen molar-refractivity contribution in [1.29, 1.82) is 0 Å². The van der Waals surface area contributed by atoms with E-state index in [1.54, 1.807) is 23.5 Å². The third kappa shape index (κ3) is 3.49. The molecular weight excluding hydrogens is 360 g/mol. The molecule has 0 atom stereocenters. The predicted octanol–water partition coefficient (Wildman–Crippen LogP) is 4.15. The average Bonchev–Trinajstić information content (AvgIpc) is 3.26. The molecule has 140 valence electrons. The molecule has 0 radical (unpaired) electrons. The van der Waals surface area contributed by atoms with Crippen LogP contribution in [0.5, 0.6) is 0 Å². The molecule has 6 heteroatoms. The van der Waals surface area contributed by atoms with Gasteiger partial charge in [-0.25, -0.2) is 0 Å². The number of likely N-dealkylation sites (tertiary alicyclic amines) is 1. The molecule has 0 bridgehead atoms. The Bertz CT molecular complexity index is 996. The Balaban J connectivity index is 1.39. The number of thiophene rings is 1. The maximum absolute atomic E-state index is 13.0. The molecule has 0 spiro atoms. The van der Waals surface area contributed by atoms with Gasteiger partial charge < -0.3 is 14.6 Å². The van der Waals surface area contributed by atoms with Gasteiger partial charge in [-0.15, -0.1) is 11.3 Å². The zero-order chi connectivity index (χ0) is 19.0. The number of carbonyl (C=O) groups is 2. The lowest BCUT2D eigenvalue weighted by Gasteiger charge is -2.32. The lowest BCUT2D eigenvalue weighted by atomic mass is 10.0. The maximum Gasteiger partial charge on any atom is 0.287 e. The molecule has 1 aliphatic rings. The van der Waals surface area contributed by atoms with E-state index in [0.29, 0.717) is 18.8 Å². The van der Waals surface area contributed by atoms with Gasteiger partial charge in [-0.05, 0) is 55.8 Å². The quantitative estimate of drug-likeness (QED) is 0.740. The molecule has 0 aliphatic carbocycles. The number of fused-ring (bicyclic) bond motifs is 1. The van der Waals surface area contributed by atoms with Crippen molar-refractivity contribution in [1.82, 2.24) is 10.2 Å². The highest BCUT2D eigenvalue weighted by molar-refractivity contribution is 7.21. The van der Waals surface area contributed by atoms with Crippen molar-refractivity contribution in [3.63, 3.8) is 0 Å². The number of benzene rings is 1. The minimum atomic E-state index is -0.187. The van der Waals surface area contributed by atoms with Crippen molar-refractivity contribution in [3.8, 4) is 0 Å². The van der Waals surface area contributed by atoms with Gasteiger partial charge in [-0.1, -0.05) is 18.2 Å². The molecule has 1 fully saturated rings. The molecule has 3 aromatic rings. The van der Waals surface area contributed by atoms with Gasteiger partial charge in [-0.2, -0.15) is 0 Å². The normalized spacial score (nSPS) is 15.3. The van der Waals surface area contributed by atoms with Crippen molar-refractivity contribution < 1.29 is 14.0 Å². The van der Waals surface area contributed by atoms with Gasteiger partial charge in [0.15, 0.2) is 5.76 Å². The summed E-state index contributed by atoms with van der Waals surface area (Å²) < 4.78 is 6.52. The van der Waals surface area contributed by atoms with E-state index in [0.717, 1.165) is 39.1 Å². The van der Waals surface area contributed by atoms with Crippen LogP contribution in [0.15, 0.2) is 40.8 Å². The summed E-state index contributed by atoms with van der Waals surface area (Å²) in [5.74, 6) is 0.972. The van der Waals surface area contributed by atoms with Crippen molar-refractivity contribution >= 4 is 33.2 Å². The average molecular weight is 382 g/mol. The molecule has 1 saturated heterocycles. The summed E-state index contributed by atoms with van der Waals surface area (Å²) in [5, 5.41) is 4.17. The van der Waals surface area contributed by atoms with Gasteiger partial charge in [0.1, 0.15) is 5.76 Å². The number of hydrogen-bond acceptors (Lipinski definition) is 4. The fraction of sp³-hybridized carbons (Fsp3) is 0.333. The Morgan fingerprint density at radius 1 is 1.11 bits per heavy atom. The summed E-state index contributed by atoms with van der Waals surface area (Å²) in [6.07, 6.45) is 1.50. The van der Waals surface area contributed by atoms with Crippen LogP contribution >= 0.6 is 11.3 Å². The summed E-state index contributed by atoms with van der Waals surface area (Å²) in [5.41, 5.74) is 1.06. The predicted molar refractivity (Wildman–Crippen MR) is 106 cm³/mol. The lowest BCUT2D eigenvalue weighted by Crippen LogP contribution is -2.46. The number of carbonyl (C=O) groups excluding carboxylic acids is 2. The number of amides is 2. The molecule has 2 aromatic heterocycles. The number of hydrogen-bond donors (Lipinski definition) is 1. The summed E-state index contributed by atoms with van der Waals surface area (Å²) >= 11 is 1.56. The summed E-state index contributed by atoms with van der Waals surface area (Å²) in [6.45, 7) is 5.13. The number of rotatable bonds is 3. The number of piperidine rings is 1. The van der Waals surface area contributed by atoms with Gasteiger partial charge in [0, 0.05) is 23.8 Å². The summed E-state index contributed by atoms with van der Waals surface area (Å²) in [7, 11) is 0. The van der Waals surface area contributed by atoms with Crippen LogP contribution in [0, 0.1) is 13.8 Å². The Kier molecular flexibility index (Phi) is 4.74. The SMILES string of the molecule is Cc1ccc(C(=O)NC2CCN(C(=O)c3sc4ccccc4c3C)CC2)o1. The van der Waals surface area contributed by atoms with Crippen LogP contribution < -0.4 is 5.32 Å². The van der Waals surface area contributed by atoms with E-state index < -0.39 is 0 Å². The zero-order valence-corrected chi connectivity index (χ0v) is 16.3. The highest BCUT2D eigenvalue weighted by atomic mass is 32.1. The highest BCUT2D eigenvalue weighted by Crippen LogP contribution is 2.32. The summed E-state index contributed by atoms with van der Waals surface area (Å²) in [6, 6.07) is 11.7. The van der Waals surface area contributed by atoms with Crippen molar-refractivity contribution in [2.24, 2.45) is 0 Å². The monoisotopic (exact) mass is 382 g/mol. The van der Waals surface area contributed by atoms with Crippen molar-refractivity contribution in [3.05, 3.63) is 58.4 Å². The van der Waals surface area contributed by atoms with E-state index in [1.807, 2.05) is 30.9 Å². The van der Waals surface area contributed by atoms with Gasteiger partial charge in [0.25, 0.3) is 11.8 Å². The van der Waals surface area contributed by atoms with Crippen molar-refractivity contribution in [2.45, 2.75) is 32.7 Å². The van der Waals surface area contributed by atoms with E-state index >= 15 is 0 Å². The number of nitrogens with one attached hydrogen (secondary N) is 1. The van der Waals surface area contributed by atoms with Gasteiger partial charge in [0.05, 0.1) is 4.88 Å². The van der Waals surface area contributed by atoms with Crippen LogP contribution in [0.2, 0.25) is 0 Å². The van der Waals surface area contributed by atoms with E-state index in [4.69, 9.17) is 4.42 Å². The van der Waals surface area contributed by atoms with Crippen LogP contribution in [-0.4, -0.2) is 35.8 Å². The molecule has 3 heterocycles. The first-order valence-electron chi connectivity index (χ1n) is 9.17. The second-order valence-corrected chi connectivity index (χ2v) is 8.05. The van der Waals surface area contributed by atoms with Crippen LogP contribution in [0.25, 0.3) is 10.1 Å². The van der Waals surface area contributed by atoms with E-state index in [2.05, 4.69) is 17.4 Å². The number of furan rings is 1. The number of nitrogens with zero attached hydrogens (tertiary/aromatic N) is 1. The number of aryl methyl sites for hydroxylation is 2. The fourth-order valence-electron chi connectivity index (χ4n) is 3.56. The van der Waals surface area contributed by atoms with Crippen molar-refractivity contribution in [2.75, 3.05) is 13.1 Å². The van der Waals surface area contributed by atoms with Crippen LogP contribution in [0.4, 0.5) is 0 Å². The van der Waals surface area contributed by atoms with Gasteiger partial charge in [-0.3, -0.25) is 9.59 Å². The first-order valence-corrected chi connectivity index (χ1v) is 9.99. The van der Waals surface area contributed by atoms with Crippen LogP contribution in [0.3, 0.4) is 0 Å². The van der Waals surface area contributed by atoms with E-state index in [9.17, 15) is 9.59 Å². The second-order valence-electron chi connectivity index (χ2n) is 7.00. The topological polar surface area (TPSA) is 62.6 Å². The van der Waals surface area contributed by atoms with Crippen LogP contribution in [-0.2, 0) is 0 Å². The molecule has 5 nitrogen and oxygen atoms in total. The highest BCUT2D eigenvalue weighted by Gasteiger charge is 2.27. The summed E-state index contributed by atoms with van der Waals surface area (Å²) in [4.78, 5) is 27.9. The molecule has 2 amide bonds. The Morgan fingerprint density at radius 2 is 1.85 bits per heavy atom. The maximum atomic E-state index is 13.0. The first-order chi connectivity index (χ1) is 13.0. The van der Waals surface area contributed by atoms with E-state index in [1.165, 1.54) is 0 Å². The minimum Gasteiger partial charge on any atom is -0.456 e. The van der Waals surface area contributed by atoms with Crippen LogP contribution in [0.1, 0.15) is 44.4 Å². The molecule has 0 unspecified atom stereocenters. The Hall–Kier alpha value is -2.60. The Morgan fingerprint density at radius 3 is 2.52 bits per heavy atom. The lowest BCUT2D eigenvalue weighted by molar-refractivity contribution is 0.0699. The Labute approximate surface area is 162 Å². The molecule has 1 aliphatic heterocycles. The first kappa shape index (κ1) is 17.8. The van der Waals surface area contributed by atoms with Gasteiger partial charge >= 0.3 is 0 Å². The molecule has 1 aromatic carbocycles.